The summed E-state index contributed by atoms with van der Waals surface area (Å²) in [4.78, 5) is 26.0. The minimum Gasteiger partial charge on any atom is -0.343 e. The molecule has 2 amide bonds. The van der Waals surface area contributed by atoms with Crippen molar-refractivity contribution in [2.24, 2.45) is 5.92 Å². The first-order valence-corrected chi connectivity index (χ1v) is 12.3. The highest BCUT2D eigenvalue weighted by Crippen LogP contribution is 2.24. The van der Waals surface area contributed by atoms with Crippen LogP contribution in [0.3, 0.4) is 0 Å². The Morgan fingerprint density at radius 3 is 2.28 bits per heavy atom. The third kappa shape index (κ3) is 5.55. The van der Waals surface area contributed by atoms with E-state index in [4.69, 9.17) is 0 Å². The molecule has 0 spiro atoms. The van der Waals surface area contributed by atoms with Gasteiger partial charge in [0.15, 0.2) is 0 Å². The Bertz CT molecular complexity index is 1110. The third-order valence-corrected chi connectivity index (χ3v) is 7.74. The van der Waals surface area contributed by atoms with E-state index in [1.165, 1.54) is 6.07 Å². The van der Waals surface area contributed by atoms with Crippen LogP contribution in [0.2, 0.25) is 0 Å². The van der Waals surface area contributed by atoms with Crippen molar-refractivity contribution >= 4 is 27.5 Å². The predicted octanol–water partition coefficient (Wildman–Crippen LogP) is 3.48. The maximum atomic E-state index is 12.9. The van der Waals surface area contributed by atoms with Crippen LogP contribution in [0.5, 0.6) is 0 Å². The van der Waals surface area contributed by atoms with Crippen LogP contribution in [0, 0.1) is 19.8 Å². The smallest absolute Gasteiger partial charge is 0.255 e. The van der Waals surface area contributed by atoms with E-state index in [-0.39, 0.29) is 28.7 Å². The van der Waals surface area contributed by atoms with Crippen LogP contribution in [0.25, 0.3) is 0 Å². The van der Waals surface area contributed by atoms with Gasteiger partial charge in [0.05, 0.1) is 4.90 Å². The van der Waals surface area contributed by atoms with Gasteiger partial charge in [0.1, 0.15) is 0 Å². The maximum Gasteiger partial charge on any atom is 0.255 e. The van der Waals surface area contributed by atoms with Crippen LogP contribution in [0.4, 0.5) is 5.69 Å². The zero-order valence-electron chi connectivity index (χ0n) is 19.0. The van der Waals surface area contributed by atoms with Gasteiger partial charge in [-0.2, -0.15) is 0 Å². The van der Waals surface area contributed by atoms with Gasteiger partial charge in [-0.25, -0.2) is 13.1 Å². The summed E-state index contributed by atoms with van der Waals surface area (Å²) < 4.78 is 28.7. The minimum absolute atomic E-state index is 0.0572. The van der Waals surface area contributed by atoms with Gasteiger partial charge in [-0.1, -0.05) is 18.2 Å². The van der Waals surface area contributed by atoms with E-state index in [1.54, 1.807) is 43.0 Å². The summed E-state index contributed by atoms with van der Waals surface area (Å²) >= 11 is 0. The summed E-state index contributed by atoms with van der Waals surface area (Å²) in [6.07, 6.45) is 1.54. The standard InChI is InChI=1S/C24H31N3O4S/c1-16-7-5-6-8-22(16)24(29)25-23-10-9-21(15-17(23)2)32(30,31)26-18(3)20-11-13-27(14-12-20)19(4)28/h5-10,15,18,20,26H,11-14H2,1-4H3,(H,25,29)/t18-/m1/s1. The fraction of sp³-hybridized carbons (Fsp3) is 0.417. The third-order valence-electron chi connectivity index (χ3n) is 6.18. The number of piperidine rings is 1. The Kier molecular flexibility index (Phi) is 7.36. The molecule has 1 heterocycles. The van der Waals surface area contributed by atoms with Gasteiger partial charge in [0, 0.05) is 37.3 Å². The van der Waals surface area contributed by atoms with Crippen molar-refractivity contribution in [3.8, 4) is 0 Å². The van der Waals surface area contributed by atoms with E-state index in [2.05, 4.69) is 10.0 Å². The molecular formula is C24H31N3O4S. The lowest BCUT2D eigenvalue weighted by Crippen LogP contribution is -2.45. The predicted molar refractivity (Wildman–Crippen MR) is 125 cm³/mol. The highest BCUT2D eigenvalue weighted by molar-refractivity contribution is 7.89. The van der Waals surface area contributed by atoms with Crippen LogP contribution >= 0.6 is 0 Å². The normalized spacial score (nSPS) is 15.9. The SMILES string of the molecule is CC(=O)N1CCC([C@@H](C)NS(=O)(=O)c2ccc(NC(=O)c3ccccc3C)c(C)c2)CC1. The fourth-order valence-electron chi connectivity index (χ4n) is 4.08. The van der Waals surface area contributed by atoms with E-state index < -0.39 is 10.0 Å². The van der Waals surface area contributed by atoms with Crippen molar-refractivity contribution < 1.29 is 18.0 Å². The number of benzene rings is 2. The fourth-order valence-corrected chi connectivity index (χ4v) is 5.48. The molecule has 1 aliphatic rings. The summed E-state index contributed by atoms with van der Waals surface area (Å²) in [7, 11) is -3.71. The summed E-state index contributed by atoms with van der Waals surface area (Å²) in [5.74, 6) is 0.00127. The Labute approximate surface area is 190 Å². The van der Waals surface area contributed by atoms with Gasteiger partial charge in [0.25, 0.3) is 5.91 Å². The Morgan fingerprint density at radius 1 is 1.03 bits per heavy atom. The number of nitrogens with one attached hydrogen (secondary N) is 2. The number of sulfonamides is 1. The molecule has 2 aromatic carbocycles. The molecular weight excluding hydrogens is 426 g/mol. The van der Waals surface area contributed by atoms with Crippen LogP contribution in [0.1, 0.15) is 48.2 Å². The summed E-state index contributed by atoms with van der Waals surface area (Å²) in [5.41, 5.74) is 2.68. The van der Waals surface area contributed by atoms with Gasteiger partial charge in [0.2, 0.25) is 15.9 Å². The number of carbonyl (C=O) groups excluding carboxylic acids is 2. The lowest BCUT2D eigenvalue weighted by atomic mass is 9.91. The number of aryl methyl sites for hydroxylation is 2. The average Bonchev–Trinajstić information content (AvgIpc) is 2.75. The van der Waals surface area contributed by atoms with Gasteiger partial charge in [-0.05, 0) is 74.9 Å². The van der Waals surface area contributed by atoms with Gasteiger partial charge in [-0.3, -0.25) is 9.59 Å². The molecule has 1 saturated heterocycles. The molecule has 8 heteroatoms. The highest BCUT2D eigenvalue weighted by Gasteiger charge is 2.28. The first-order chi connectivity index (χ1) is 15.1. The Balaban J connectivity index is 1.67. The van der Waals surface area contributed by atoms with Crippen molar-refractivity contribution in [3.05, 3.63) is 59.2 Å². The molecule has 172 valence electrons. The van der Waals surface area contributed by atoms with E-state index in [0.29, 0.717) is 29.9 Å². The summed E-state index contributed by atoms with van der Waals surface area (Å²) in [6, 6.07) is 11.8. The lowest BCUT2D eigenvalue weighted by molar-refractivity contribution is -0.130. The van der Waals surface area contributed by atoms with Gasteiger partial charge in [-0.15, -0.1) is 0 Å². The number of nitrogens with zero attached hydrogens (tertiary/aromatic N) is 1. The molecule has 3 rings (SSSR count). The number of carbonyl (C=O) groups is 2. The van der Waals surface area contributed by atoms with Gasteiger partial charge < -0.3 is 10.2 Å². The molecule has 7 nitrogen and oxygen atoms in total. The largest absolute Gasteiger partial charge is 0.343 e. The molecule has 0 radical (unpaired) electrons. The van der Waals surface area contributed by atoms with Crippen molar-refractivity contribution in [2.45, 2.75) is 51.5 Å². The summed E-state index contributed by atoms with van der Waals surface area (Å²) in [6.45, 7) is 8.37. The van der Waals surface area contributed by atoms with Crippen LogP contribution in [0.15, 0.2) is 47.4 Å². The monoisotopic (exact) mass is 457 g/mol. The van der Waals surface area contributed by atoms with Crippen LogP contribution < -0.4 is 10.0 Å². The number of rotatable bonds is 6. The van der Waals surface area contributed by atoms with Crippen molar-refractivity contribution in [2.75, 3.05) is 18.4 Å². The lowest BCUT2D eigenvalue weighted by Gasteiger charge is -2.34. The first kappa shape index (κ1) is 23.9. The molecule has 2 aromatic rings. The molecule has 1 aliphatic heterocycles. The number of likely N-dealkylation sites (tertiary alicyclic amines) is 1. The highest BCUT2D eigenvalue weighted by atomic mass is 32.2. The number of hydrogen-bond acceptors (Lipinski definition) is 4. The zero-order chi connectivity index (χ0) is 23.5. The minimum atomic E-state index is -3.71. The molecule has 0 aromatic heterocycles. The van der Waals surface area contributed by atoms with Crippen molar-refractivity contribution in [1.82, 2.24) is 9.62 Å². The number of anilines is 1. The Hall–Kier alpha value is -2.71. The van der Waals surface area contributed by atoms with E-state index in [9.17, 15) is 18.0 Å². The maximum absolute atomic E-state index is 12.9. The van der Waals surface area contributed by atoms with E-state index >= 15 is 0 Å². The molecule has 1 fully saturated rings. The average molecular weight is 458 g/mol. The molecule has 32 heavy (non-hydrogen) atoms. The molecule has 0 saturated carbocycles. The van der Waals surface area contributed by atoms with E-state index in [0.717, 1.165) is 18.4 Å². The second-order valence-corrected chi connectivity index (χ2v) is 10.2. The molecule has 0 bridgehead atoms. The van der Waals surface area contributed by atoms with E-state index in [1.807, 2.05) is 26.0 Å². The number of amides is 2. The topological polar surface area (TPSA) is 95.6 Å². The molecule has 1 atom stereocenters. The second-order valence-electron chi connectivity index (χ2n) is 8.50. The van der Waals surface area contributed by atoms with Crippen molar-refractivity contribution in [3.63, 3.8) is 0 Å². The second kappa shape index (κ2) is 9.83. The molecule has 2 N–H and O–H groups in total. The zero-order valence-corrected chi connectivity index (χ0v) is 19.8. The first-order valence-electron chi connectivity index (χ1n) is 10.8. The quantitative estimate of drug-likeness (QED) is 0.694. The van der Waals surface area contributed by atoms with Gasteiger partial charge >= 0.3 is 0 Å². The number of hydrogen-bond donors (Lipinski definition) is 2. The molecule has 0 aliphatic carbocycles. The summed E-state index contributed by atoms with van der Waals surface area (Å²) in [5, 5.41) is 2.87. The Morgan fingerprint density at radius 2 is 1.69 bits per heavy atom. The van der Waals surface area contributed by atoms with Crippen molar-refractivity contribution in [1.29, 1.82) is 0 Å². The van der Waals surface area contributed by atoms with Crippen LogP contribution in [-0.2, 0) is 14.8 Å². The molecule has 0 unspecified atom stereocenters. The van der Waals surface area contributed by atoms with Crippen LogP contribution in [-0.4, -0.2) is 44.3 Å².